The van der Waals surface area contributed by atoms with Crippen molar-refractivity contribution in [1.29, 1.82) is 0 Å². The third kappa shape index (κ3) is 2.65. The highest BCUT2D eigenvalue weighted by atomic mass is 16.7. The highest BCUT2D eigenvalue weighted by molar-refractivity contribution is 5.84. The Balaban J connectivity index is 1.87. The summed E-state index contributed by atoms with van der Waals surface area (Å²) in [7, 11) is 0. The van der Waals surface area contributed by atoms with E-state index in [9.17, 15) is 20.4 Å². The summed E-state index contributed by atoms with van der Waals surface area (Å²) < 4.78 is 10.9. The molecular weight excluding hydrogens is 290 g/mol. The van der Waals surface area contributed by atoms with Crippen LogP contribution in [0.1, 0.15) is 0 Å². The average molecular weight is 307 g/mol. The van der Waals surface area contributed by atoms with Crippen molar-refractivity contribution < 1.29 is 29.9 Å². The molecule has 1 aromatic carbocycles. The molecule has 3 rings (SSSR count). The van der Waals surface area contributed by atoms with Gasteiger partial charge < -0.3 is 29.9 Å². The molecule has 0 spiro atoms. The largest absolute Gasteiger partial charge is 0.460 e. The van der Waals surface area contributed by atoms with Gasteiger partial charge in [-0.1, -0.05) is 18.2 Å². The zero-order chi connectivity index (χ0) is 15.7. The standard InChI is InChI=1S/C15H17NO6/c17-7-10-12(18)13(19)14(20)15(22-10)21-9-5-1-3-8-4-2-6-16-11(8)9/h1-6,10,12-15,17-20H,7H2/t10-,12+,13+,14-,15-/m1/s1. The van der Waals surface area contributed by atoms with Crippen LogP contribution in [0, 0.1) is 0 Å². The highest BCUT2D eigenvalue weighted by Gasteiger charge is 2.44. The molecule has 22 heavy (non-hydrogen) atoms. The number of hydrogen-bond donors (Lipinski definition) is 4. The fourth-order valence-electron chi connectivity index (χ4n) is 2.46. The Labute approximate surface area is 126 Å². The zero-order valence-electron chi connectivity index (χ0n) is 11.6. The monoisotopic (exact) mass is 307 g/mol. The lowest BCUT2D eigenvalue weighted by Crippen LogP contribution is -2.60. The molecule has 0 bridgehead atoms. The molecule has 118 valence electrons. The molecule has 2 heterocycles. The van der Waals surface area contributed by atoms with Gasteiger partial charge in [-0.3, -0.25) is 4.98 Å². The molecule has 0 saturated carbocycles. The molecule has 0 unspecified atom stereocenters. The fourth-order valence-corrected chi connectivity index (χ4v) is 2.46. The third-order valence-corrected chi connectivity index (χ3v) is 3.69. The minimum absolute atomic E-state index is 0.377. The van der Waals surface area contributed by atoms with Gasteiger partial charge in [0, 0.05) is 11.6 Å². The van der Waals surface area contributed by atoms with Crippen molar-refractivity contribution in [3.63, 3.8) is 0 Å². The van der Waals surface area contributed by atoms with E-state index in [0.29, 0.717) is 11.3 Å². The second-order valence-electron chi connectivity index (χ2n) is 5.15. The van der Waals surface area contributed by atoms with Gasteiger partial charge in [-0.05, 0) is 12.1 Å². The SMILES string of the molecule is OC[C@H]1O[C@@H](Oc2cccc3cccnc23)[C@H](O)[C@@H](O)[C@H]1O. The highest BCUT2D eigenvalue weighted by Crippen LogP contribution is 2.28. The van der Waals surface area contributed by atoms with Gasteiger partial charge in [0.15, 0.2) is 0 Å². The van der Waals surface area contributed by atoms with Gasteiger partial charge in [0.05, 0.1) is 6.61 Å². The summed E-state index contributed by atoms with van der Waals surface area (Å²) >= 11 is 0. The number of aromatic nitrogens is 1. The van der Waals surface area contributed by atoms with Gasteiger partial charge in [0.25, 0.3) is 0 Å². The molecule has 0 aliphatic carbocycles. The van der Waals surface area contributed by atoms with Crippen LogP contribution in [0.2, 0.25) is 0 Å². The molecule has 1 saturated heterocycles. The molecule has 5 atom stereocenters. The number of hydrogen-bond acceptors (Lipinski definition) is 7. The van der Waals surface area contributed by atoms with Crippen LogP contribution in [0.4, 0.5) is 0 Å². The van der Waals surface area contributed by atoms with Crippen molar-refractivity contribution in [3.8, 4) is 5.75 Å². The maximum absolute atomic E-state index is 9.99. The lowest BCUT2D eigenvalue weighted by molar-refractivity contribution is -0.277. The van der Waals surface area contributed by atoms with Crippen molar-refractivity contribution in [2.75, 3.05) is 6.61 Å². The van der Waals surface area contributed by atoms with Crippen molar-refractivity contribution in [3.05, 3.63) is 36.5 Å². The van der Waals surface area contributed by atoms with E-state index in [1.165, 1.54) is 0 Å². The zero-order valence-corrected chi connectivity index (χ0v) is 11.6. The number of para-hydroxylation sites is 1. The van der Waals surface area contributed by atoms with E-state index in [0.717, 1.165) is 5.39 Å². The first-order valence-electron chi connectivity index (χ1n) is 6.92. The number of rotatable bonds is 3. The maximum atomic E-state index is 9.99. The van der Waals surface area contributed by atoms with E-state index in [1.807, 2.05) is 12.1 Å². The van der Waals surface area contributed by atoms with E-state index in [4.69, 9.17) is 9.47 Å². The van der Waals surface area contributed by atoms with Crippen molar-refractivity contribution in [1.82, 2.24) is 4.98 Å². The first-order chi connectivity index (χ1) is 10.6. The topological polar surface area (TPSA) is 112 Å². The van der Waals surface area contributed by atoms with Crippen molar-refractivity contribution in [2.24, 2.45) is 0 Å². The Hall–Kier alpha value is -1.77. The van der Waals surface area contributed by atoms with Crippen LogP contribution in [0.5, 0.6) is 5.75 Å². The molecule has 1 aliphatic rings. The van der Waals surface area contributed by atoms with Crippen LogP contribution in [0.25, 0.3) is 10.9 Å². The number of ether oxygens (including phenoxy) is 2. The van der Waals surface area contributed by atoms with Gasteiger partial charge in [0.2, 0.25) is 6.29 Å². The molecule has 7 heteroatoms. The minimum atomic E-state index is -1.47. The molecule has 4 N–H and O–H groups in total. The lowest BCUT2D eigenvalue weighted by atomic mass is 9.99. The molecule has 1 fully saturated rings. The van der Waals surface area contributed by atoms with Crippen LogP contribution in [0.15, 0.2) is 36.5 Å². The van der Waals surface area contributed by atoms with Crippen LogP contribution < -0.4 is 4.74 Å². The van der Waals surface area contributed by atoms with Crippen LogP contribution in [0.3, 0.4) is 0 Å². The summed E-state index contributed by atoms with van der Waals surface area (Å²) in [5, 5.41) is 39.5. The summed E-state index contributed by atoms with van der Waals surface area (Å²) in [6.45, 7) is -0.501. The number of fused-ring (bicyclic) bond motifs is 1. The number of pyridine rings is 1. The molecule has 1 aromatic heterocycles. The maximum Gasteiger partial charge on any atom is 0.229 e. The normalized spacial score (nSPS) is 32.1. The number of nitrogens with zero attached hydrogens (tertiary/aromatic N) is 1. The van der Waals surface area contributed by atoms with Gasteiger partial charge in [-0.15, -0.1) is 0 Å². The van der Waals surface area contributed by atoms with Crippen LogP contribution >= 0.6 is 0 Å². The smallest absolute Gasteiger partial charge is 0.229 e. The van der Waals surface area contributed by atoms with Crippen LogP contribution in [-0.4, -0.2) is 62.7 Å². The molecular formula is C15H17NO6. The van der Waals surface area contributed by atoms with Gasteiger partial charge >= 0.3 is 0 Å². The molecule has 2 aromatic rings. The summed E-state index contributed by atoms with van der Waals surface area (Å²) in [6.07, 6.45) is -4.95. The van der Waals surface area contributed by atoms with Crippen LogP contribution in [-0.2, 0) is 4.74 Å². The van der Waals surface area contributed by atoms with Gasteiger partial charge in [-0.25, -0.2) is 0 Å². The van der Waals surface area contributed by atoms with E-state index >= 15 is 0 Å². The Morgan fingerprint density at radius 1 is 1.05 bits per heavy atom. The first kappa shape index (κ1) is 15.1. The number of aliphatic hydroxyl groups excluding tert-OH is 4. The Bertz CT molecular complexity index is 643. The third-order valence-electron chi connectivity index (χ3n) is 3.69. The predicted molar refractivity (Wildman–Crippen MR) is 76.1 cm³/mol. The van der Waals surface area contributed by atoms with Gasteiger partial charge in [-0.2, -0.15) is 0 Å². The molecule has 1 aliphatic heterocycles. The second kappa shape index (κ2) is 6.15. The van der Waals surface area contributed by atoms with Crippen molar-refractivity contribution in [2.45, 2.75) is 30.7 Å². The Kier molecular flexibility index (Phi) is 4.23. The average Bonchev–Trinajstić information content (AvgIpc) is 2.55. The Morgan fingerprint density at radius 3 is 2.59 bits per heavy atom. The number of benzene rings is 1. The van der Waals surface area contributed by atoms with Crippen molar-refractivity contribution >= 4 is 10.9 Å². The summed E-state index contributed by atoms with van der Waals surface area (Å²) in [6, 6.07) is 8.95. The quantitative estimate of drug-likeness (QED) is 0.600. The minimum Gasteiger partial charge on any atom is -0.460 e. The fraction of sp³-hybridized carbons (Fsp3) is 0.400. The van der Waals surface area contributed by atoms with E-state index in [-0.39, 0.29) is 0 Å². The summed E-state index contributed by atoms with van der Waals surface area (Å²) in [5.41, 5.74) is 0.585. The molecule has 7 nitrogen and oxygen atoms in total. The van der Waals surface area contributed by atoms with E-state index in [2.05, 4.69) is 4.98 Å². The summed E-state index contributed by atoms with van der Waals surface area (Å²) in [4.78, 5) is 4.22. The first-order valence-corrected chi connectivity index (χ1v) is 6.92. The predicted octanol–water partition coefficient (Wildman–Crippen LogP) is -0.587. The Morgan fingerprint density at radius 2 is 1.82 bits per heavy atom. The number of aliphatic hydroxyl groups is 4. The second-order valence-corrected chi connectivity index (χ2v) is 5.15. The molecule has 0 radical (unpaired) electrons. The van der Waals surface area contributed by atoms with E-state index < -0.39 is 37.3 Å². The van der Waals surface area contributed by atoms with Gasteiger partial charge in [0.1, 0.15) is 35.7 Å². The lowest BCUT2D eigenvalue weighted by Gasteiger charge is -2.39. The van der Waals surface area contributed by atoms with E-state index in [1.54, 1.807) is 24.4 Å². The molecule has 0 amide bonds. The summed E-state index contributed by atoms with van der Waals surface area (Å²) in [5.74, 6) is 0.377.